The summed E-state index contributed by atoms with van der Waals surface area (Å²) in [6.07, 6.45) is 1.74. The summed E-state index contributed by atoms with van der Waals surface area (Å²) in [6.45, 7) is 7.31. The number of aromatic nitrogens is 1. The molecule has 0 radical (unpaired) electrons. The first-order valence-electron chi connectivity index (χ1n) is 8.81. The molecule has 0 bridgehead atoms. The van der Waals surface area contributed by atoms with Gasteiger partial charge in [0.1, 0.15) is 5.58 Å². The Morgan fingerprint density at radius 2 is 1.73 bits per heavy atom. The van der Waals surface area contributed by atoms with Gasteiger partial charge < -0.3 is 14.2 Å². The van der Waals surface area contributed by atoms with Gasteiger partial charge in [-0.3, -0.25) is 0 Å². The van der Waals surface area contributed by atoms with Gasteiger partial charge in [0.2, 0.25) is 5.71 Å². The molecule has 2 aromatic heterocycles. The lowest BCUT2D eigenvalue weighted by molar-refractivity contribution is -0.0893. The van der Waals surface area contributed by atoms with Crippen LogP contribution in [0.15, 0.2) is 53.1 Å². The first-order valence-corrected chi connectivity index (χ1v) is 8.81. The number of hydrogen-bond donors (Lipinski definition) is 1. The fourth-order valence-corrected chi connectivity index (χ4v) is 3.00. The van der Waals surface area contributed by atoms with Crippen LogP contribution in [0.4, 0.5) is 0 Å². The summed E-state index contributed by atoms with van der Waals surface area (Å²) >= 11 is 0. The van der Waals surface area contributed by atoms with E-state index in [1.54, 1.807) is 20.0 Å². The Bertz CT molecular complexity index is 1110. The van der Waals surface area contributed by atoms with Crippen LogP contribution in [0.2, 0.25) is 0 Å². The number of pyridine rings is 1. The third kappa shape index (κ3) is 2.77. The number of aliphatic hydroxyl groups is 1. The van der Waals surface area contributed by atoms with Crippen LogP contribution < -0.4 is 5.46 Å². The van der Waals surface area contributed by atoms with Crippen molar-refractivity contribution in [2.24, 2.45) is 0 Å². The number of furan rings is 1. The summed E-state index contributed by atoms with van der Waals surface area (Å²) in [5.74, 6) is 0. The van der Waals surface area contributed by atoms with Gasteiger partial charge in [-0.05, 0) is 62.1 Å². The van der Waals surface area contributed by atoms with Crippen LogP contribution in [-0.4, -0.2) is 28.8 Å². The molecule has 0 atom stereocenters. The van der Waals surface area contributed by atoms with Gasteiger partial charge in [0.15, 0.2) is 0 Å². The van der Waals surface area contributed by atoms with Crippen molar-refractivity contribution >= 4 is 45.8 Å². The van der Waals surface area contributed by atoms with Gasteiger partial charge in [0.25, 0.3) is 0 Å². The molecule has 2 heterocycles. The Morgan fingerprint density at radius 1 is 1.04 bits per heavy atom. The summed E-state index contributed by atoms with van der Waals surface area (Å²) in [5, 5.41) is 14.6. The standard InChI is InChI=1S/C21H22BNO3/c1-20(2,24)21(3,4)26-22-16-9-10-23-19-18(16)15-11-13-7-5-6-8-14(13)12-17(15)25-19/h5-12,22,24H,1-4H3. The molecule has 0 aliphatic rings. The van der Waals surface area contributed by atoms with Crippen LogP contribution in [0.1, 0.15) is 27.7 Å². The number of nitrogens with zero attached hydrogens (tertiary/aromatic N) is 1. The first kappa shape index (κ1) is 17.1. The summed E-state index contributed by atoms with van der Waals surface area (Å²) < 4.78 is 12.1. The zero-order chi connectivity index (χ0) is 18.5. The molecule has 5 heteroatoms. The highest BCUT2D eigenvalue weighted by Crippen LogP contribution is 2.30. The molecule has 0 aliphatic heterocycles. The molecule has 0 saturated heterocycles. The van der Waals surface area contributed by atoms with E-state index in [9.17, 15) is 5.11 Å². The van der Waals surface area contributed by atoms with Crippen LogP contribution in [0.5, 0.6) is 0 Å². The fourth-order valence-electron chi connectivity index (χ4n) is 3.00. The zero-order valence-electron chi connectivity index (χ0n) is 15.5. The highest BCUT2D eigenvalue weighted by atomic mass is 16.5. The van der Waals surface area contributed by atoms with Crippen molar-refractivity contribution in [3.05, 3.63) is 48.7 Å². The Kier molecular flexibility index (Phi) is 3.83. The molecule has 26 heavy (non-hydrogen) atoms. The lowest BCUT2D eigenvalue weighted by Gasteiger charge is -2.37. The predicted molar refractivity (Wildman–Crippen MR) is 107 cm³/mol. The molecule has 0 amide bonds. The zero-order valence-corrected chi connectivity index (χ0v) is 15.5. The maximum atomic E-state index is 10.3. The van der Waals surface area contributed by atoms with E-state index in [1.807, 2.05) is 32.0 Å². The van der Waals surface area contributed by atoms with E-state index < -0.39 is 11.2 Å². The first-order chi connectivity index (χ1) is 12.3. The summed E-state index contributed by atoms with van der Waals surface area (Å²) in [6, 6.07) is 14.4. The third-order valence-corrected chi connectivity index (χ3v) is 5.39. The Balaban J connectivity index is 1.84. The van der Waals surface area contributed by atoms with Crippen molar-refractivity contribution in [1.82, 2.24) is 4.98 Å². The number of fused-ring (bicyclic) bond motifs is 4. The van der Waals surface area contributed by atoms with E-state index in [0.29, 0.717) is 13.2 Å². The summed E-state index contributed by atoms with van der Waals surface area (Å²) in [7, 11) is 0.372. The van der Waals surface area contributed by atoms with Crippen molar-refractivity contribution in [3.63, 3.8) is 0 Å². The van der Waals surface area contributed by atoms with Gasteiger partial charge in [-0.15, -0.1) is 0 Å². The molecule has 4 rings (SSSR count). The van der Waals surface area contributed by atoms with Crippen molar-refractivity contribution in [1.29, 1.82) is 0 Å². The second kappa shape index (κ2) is 5.83. The van der Waals surface area contributed by atoms with E-state index >= 15 is 0 Å². The maximum absolute atomic E-state index is 10.3. The summed E-state index contributed by atoms with van der Waals surface area (Å²) in [4.78, 5) is 4.39. The topological polar surface area (TPSA) is 55.5 Å². The van der Waals surface area contributed by atoms with Crippen molar-refractivity contribution < 1.29 is 14.2 Å². The predicted octanol–water partition coefficient (Wildman–Crippen LogP) is 3.68. The second-order valence-electron chi connectivity index (χ2n) is 7.81. The van der Waals surface area contributed by atoms with E-state index in [1.165, 1.54) is 0 Å². The molecule has 4 nitrogen and oxygen atoms in total. The van der Waals surface area contributed by atoms with Crippen molar-refractivity contribution in [2.45, 2.75) is 38.9 Å². The van der Waals surface area contributed by atoms with Gasteiger partial charge in [-0.2, -0.15) is 0 Å². The third-order valence-electron chi connectivity index (χ3n) is 5.39. The lowest BCUT2D eigenvalue weighted by atomic mass is 9.81. The van der Waals surface area contributed by atoms with Crippen molar-refractivity contribution in [3.8, 4) is 0 Å². The molecule has 2 aromatic carbocycles. The largest absolute Gasteiger partial charge is 0.438 e. The highest BCUT2D eigenvalue weighted by molar-refractivity contribution is 6.52. The second-order valence-corrected chi connectivity index (χ2v) is 7.81. The van der Waals surface area contributed by atoms with Gasteiger partial charge >= 0.3 is 7.48 Å². The van der Waals surface area contributed by atoms with E-state index in [-0.39, 0.29) is 0 Å². The molecule has 1 N–H and O–H groups in total. The monoisotopic (exact) mass is 347 g/mol. The minimum atomic E-state index is -0.951. The fraction of sp³-hybridized carbons (Fsp3) is 0.286. The maximum Gasteiger partial charge on any atom is 0.310 e. The average Bonchev–Trinajstić information content (AvgIpc) is 2.95. The van der Waals surface area contributed by atoms with E-state index in [2.05, 4.69) is 29.2 Å². The van der Waals surface area contributed by atoms with Gasteiger partial charge in [-0.25, -0.2) is 4.98 Å². The Hall–Kier alpha value is -2.37. The molecule has 132 valence electrons. The number of hydrogen-bond acceptors (Lipinski definition) is 4. The molecule has 0 fully saturated rings. The van der Waals surface area contributed by atoms with E-state index in [4.69, 9.17) is 9.07 Å². The molecular weight excluding hydrogens is 325 g/mol. The normalized spacial score (nSPS) is 13.0. The van der Waals surface area contributed by atoms with Crippen LogP contribution in [0.3, 0.4) is 0 Å². The number of rotatable bonds is 4. The van der Waals surface area contributed by atoms with Gasteiger partial charge in [-0.1, -0.05) is 24.3 Å². The van der Waals surface area contributed by atoms with Crippen LogP contribution in [0.25, 0.3) is 32.8 Å². The molecule has 0 aliphatic carbocycles. The van der Waals surface area contributed by atoms with Gasteiger partial charge in [0, 0.05) is 17.0 Å². The minimum absolute atomic E-state index is 0.372. The van der Waals surface area contributed by atoms with E-state index in [0.717, 1.165) is 32.6 Å². The van der Waals surface area contributed by atoms with Gasteiger partial charge in [0.05, 0.1) is 11.2 Å². The Morgan fingerprint density at radius 3 is 2.42 bits per heavy atom. The minimum Gasteiger partial charge on any atom is -0.438 e. The van der Waals surface area contributed by atoms with Crippen LogP contribution in [-0.2, 0) is 4.65 Å². The van der Waals surface area contributed by atoms with Crippen molar-refractivity contribution in [2.75, 3.05) is 0 Å². The highest BCUT2D eigenvalue weighted by Gasteiger charge is 2.35. The molecule has 0 saturated carbocycles. The average molecular weight is 347 g/mol. The molecule has 0 unspecified atom stereocenters. The quantitative estimate of drug-likeness (QED) is 0.572. The lowest BCUT2D eigenvalue weighted by Crippen LogP contribution is -2.49. The Labute approximate surface area is 153 Å². The van der Waals surface area contributed by atoms with Crippen LogP contribution in [0, 0.1) is 0 Å². The molecule has 0 spiro atoms. The molecular formula is C21H22BNO3. The summed E-state index contributed by atoms with van der Waals surface area (Å²) in [5.41, 5.74) is 0.794. The molecule has 4 aromatic rings. The SMILES string of the molecule is CC(C)(O)C(C)(C)OBc1ccnc2oc3cc4ccccc4cc3c12. The number of benzene rings is 2. The smallest absolute Gasteiger partial charge is 0.310 e. The van der Waals surface area contributed by atoms with Crippen LogP contribution >= 0.6 is 0 Å².